The average Bonchev–Trinajstić information content (AvgIpc) is 2.93. The zero-order valence-electron chi connectivity index (χ0n) is 12.2. The maximum atomic E-state index is 9.38. The maximum Gasteiger partial charge on any atom is 0.0659 e. The lowest BCUT2D eigenvalue weighted by atomic mass is 10.0. The van der Waals surface area contributed by atoms with Crippen molar-refractivity contribution in [3.05, 3.63) is 53.9 Å². The van der Waals surface area contributed by atoms with E-state index in [1.165, 1.54) is 5.56 Å². The van der Waals surface area contributed by atoms with E-state index in [0.29, 0.717) is 0 Å². The van der Waals surface area contributed by atoms with Crippen LogP contribution in [0.5, 0.6) is 0 Å². The fraction of sp³-hybridized carbons (Fsp3) is 0.438. The Morgan fingerprint density at radius 3 is 2.65 bits per heavy atom. The molecule has 1 aromatic carbocycles. The molecule has 0 saturated heterocycles. The van der Waals surface area contributed by atoms with Crippen molar-refractivity contribution in [2.45, 2.75) is 38.9 Å². The van der Waals surface area contributed by atoms with E-state index in [-0.39, 0.29) is 12.1 Å². The first-order chi connectivity index (χ1) is 9.65. The highest BCUT2D eigenvalue weighted by Crippen LogP contribution is 2.10. The minimum atomic E-state index is -0.221. The fourth-order valence-electron chi connectivity index (χ4n) is 1.96. The normalized spacial score (nSPS) is 14.2. The number of hydrogen-bond donors (Lipinski definition) is 2. The van der Waals surface area contributed by atoms with Gasteiger partial charge < -0.3 is 10.4 Å². The first kappa shape index (κ1) is 14.8. The lowest BCUT2D eigenvalue weighted by molar-refractivity contribution is 0.169. The number of aliphatic hydroxyl groups is 1. The largest absolute Gasteiger partial charge is 0.394 e. The van der Waals surface area contributed by atoms with Gasteiger partial charge in [0, 0.05) is 23.8 Å². The van der Waals surface area contributed by atoms with E-state index in [4.69, 9.17) is 0 Å². The summed E-state index contributed by atoms with van der Waals surface area (Å²) in [6.07, 6.45) is 4.82. The Labute approximate surface area is 120 Å². The molecule has 0 fully saturated rings. The predicted octanol–water partition coefficient (Wildman–Crippen LogP) is 2.18. The van der Waals surface area contributed by atoms with E-state index in [1.54, 1.807) is 0 Å². The molecule has 4 heteroatoms. The fourth-order valence-corrected chi connectivity index (χ4v) is 1.96. The van der Waals surface area contributed by atoms with Crippen molar-refractivity contribution in [1.29, 1.82) is 0 Å². The van der Waals surface area contributed by atoms with Crippen molar-refractivity contribution in [1.82, 2.24) is 15.1 Å². The van der Waals surface area contributed by atoms with Crippen molar-refractivity contribution in [3.8, 4) is 0 Å². The number of hydrogen-bond acceptors (Lipinski definition) is 3. The number of aliphatic hydroxyl groups excluding tert-OH is 1. The van der Waals surface area contributed by atoms with Crippen molar-refractivity contribution in [2.24, 2.45) is 0 Å². The Bertz CT molecular complexity index is 518. The minimum absolute atomic E-state index is 0.141. The summed E-state index contributed by atoms with van der Waals surface area (Å²) < 4.78 is 1.94. The van der Waals surface area contributed by atoms with Crippen molar-refractivity contribution < 1.29 is 5.11 Å². The maximum absolute atomic E-state index is 9.38. The monoisotopic (exact) mass is 273 g/mol. The molecule has 0 saturated carbocycles. The minimum Gasteiger partial charge on any atom is -0.394 e. The average molecular weight is 273 g/mol. The van der Waals surface area contributed by atoms with Crippen molar-refractivity contribution in [3.63, 3.8) is 0 Å². The standard InChI is InChI=1S/C16H23N3O/c1-3-16(2,13-20)17-9-15-10-18-19(12-15)11-14-7-5-4-6-8-14/h4-8,10,12,17,20H,3,9,11,13H2,1-2H3/t16-/m1/s1. The molecule has 4 nitrogen and oxygen atoms in total. The Morgan fingerprint density at radius 2 is 2.00 bits per heavy atom. The van der Waals surface area contributed by atoms with Gasteiger partial charge in [-0.3, -0.25) is 4.68 Å². The third kappa shape index (κ3) is 3.92. The quantitative estimate of drug-likeness (QED) is 0.813. The van der Waals surface area contributed by atoms with Crippen LogP contribution in [0, 0.1) is 0 Å². The van der Waals surface area contributed by atoms with Gasteiger partial charge in [-0.05, 0) is 18.9 Å². The van der Waals surface area contributed by atoms with E-state index < -0.39 is 0 Å². The van der Waals surface area contributed by atoms with Gasteiger partial charge in [0.1, 0.15) is 0 Å². The highest BCUT2D eigenvalue weighted by Gasteiger charge is 2.19. The number of nitrogens with zero attached hydrogens (tertiary/aromatic N) is 2. The molecule has 1 heterocycles. The van der Waals surface area contributed by atoms with Crippen molar-refractivity contribution in [2.75, 3.05) is 6.61 Å². The summed E-state index contributed by atoms with van der Waals surface area (Å²) in [5.41, 5.74) is 2.15. The second-order valence-corrected chi connectivity index (χ2v) is 5.46. The molecule has 0 aliphatic carbocycles. The van der Waals surface area contributed by atoms with E-state index in [9.17, 15) is 5.11 Å². The molecule has 0 aliphatic rings. The third-order valence-electron chi connectivity index (χ3n) is 3.72. The number of rotatable bonds is 7. The zero-order valence-corrected chi connectivity index (χ0v) is 12.2. The lowest BCUT2D eigenvalue weighted by Crippen LogP contribution is -2.44. The van der Waals surface area contributed by atoms with Crippen LogP contribution in [-0.2, 0) is 13.1 Å². The smallest absolute Gasteiger partial charge is 0.0659 e. The summed E-state index contributed by atoms with van der Waals surface area (Å²) in [5.74, 6) is 0. The van der Waals surface area contributed by atoms with Crippen LogP contribution in [0.3, 0.4) is 0 Å². The first-order valence-electron chi connectivity index (χ1n) is 7.06. The number of nitrogens with one attached hydrogen (secondary N) is 1. The van der Waals surface area contributed by atoms with Gasteiger partial charge in [-0.1, -0.05) is 37.3 Å². The topological polar surface area (TPSA) is 50.1 Å². The summed E-state index contributed by atoms with van der Waals surface area (Å²) in [5, 5.41) is 17.1. The van der Waals surface area contributed by atoms with Gasteiger partial charge in [-0.2, -0.15) is 5.10 Å². The first-order valence-corrected chi connectivity index (χ1v) is 7.06. The molecule has 2 N–H and O–H groups in total. The SMILES string of the molecule is CC[C@](C)(CO)NCc1cnn(Cc2ccccc2)c1. The van der Waals surface area contributed by atoms with E-state index in [1.807, 2.05) is 42.2 Å². The molecule has 1 aromatic heterocycles. The Kier molecular flexibility index (Phi) is 4.93. The lowest BCUT2D eigenvalue weighted by Gasteiger charge is -2.26. The van der Waals surface area contributed by atoms with Crippen LogP contribution < -0.4 is 5.32 Å². The molecule has 2 rings (SSSR count). The van der Waals surface area contributed by atoms with Crippen LogP contribution >= 0.6 is 0 Å². The van der Waals surface area contributed by atoms with Gasteiger partial charge in [0.05, 0.1) is 19.3 Å². The van der Waals surface area contributed by atoms with Crippen LogP contribution in [-0.4, -0.2) is 27.0 Å². The Morgan fingerprint density at radius 1 is 1.25 bits per heavy atom. The van der Waals surface area contributed by atoms with Crippen LogP contribution in [0.25, 0.3) is 0 Å². The Hall–Kier alpha value is -1.65. The van der Waals surface area contributed by atoms with Gasteiger partial charge in [-0.15, -0.1) is 0 Å². The highest BCUT2D eigenvalue weighted by atomic mass is 16.3. The predicted molar refractivity (Wildman–Crippen MR) is 80.4 cm³/mol. The molecule has 0 spiro atoms. The molecular formula is C16H23N3O. The van der Waals surface area contributed by atoms with Gasteiger partial charge >= 0.3 is 0 Å². The van der Waals surface area contributed by atoms with E-state index >= 15 is 0 Å². The van der Waals surface area contributed by atoms with Gasteiger partial charge in [0.2, 0.25) is 0 Å². The van der Waals surface area contributed by atoms with Crippen LogP contribution in [0.2, 0.25) is 0 Å². The highest BCUT2D eigenvalue weighted by molar-refractivity contribution is 5.15. The van der Waals surface area contributed by atoms with E-state index in [2.05, 4.69) is 29.5 Å². The van der Waals surface area contributed by atoms with Gasteiger partial charge in [-0.25, -0.2) is 0 Å². The molecule has 20 heavy (non-hydrogen) atoms. The molecule has 0 radical (unpaired) electrons. The molecule has 0 amide bonds. The summed E-state index contributed by atoms with van der Waals surface area (Å²) >= 11 is 0. The van der Waals surface area contributed by atoms with Crippen molar-refractivity contribution >= 4 is 0 Å². The number of benzene rings is 1. The molecule has 108 valence electrons. The Balaban J connectivity index is 1.93. The van der Waals surface area contributed by atoms with E-state index in [0.717, 1.165) is 25.1 Å². The number of aromatic nitrogens is 2. The molecule has 1 atom stereocenters. The second-order valence-electron chi connectivity index (χ2n) is 5.46. The molecular weight excluding hydrogens is 250 g/mol. The molecule has 0 unspecified atom stereocenters. The zero-order chi connectivity index (χ0) is 14.4. The summed E-state index contributed by atoms with van der Waals surface area (Å²) in [7, 11) is 0. The molecule has 0 bridgehead atoms. The van der Waals surface area contributed by atoms with Gasteiger partial charge in [0.25, 0.3) is 0 Å². The third-order valence-corrected chi connectivity index (χ3v) is 3.72. The summed E-state index contributed by atoms with van der Waals surface area (Å²) in [6.45, 7) is 5.75. The second kappa shape index (κ2) is 6.68. The van der Waals surface area contributed by atoms with Crippen LogP contribution in [0.15, 0.2) is 42.7 Å². The molecule has 0 aliphatic heterocycles. The summed E-state index contributed by atoms with van der Waals surface area (Å²) in [4.78, 5) is 0. The van der Waals surface area contributed by atoms with Gasteiger partial charge in [0.15, 0.2) is 0 Å². The van der Waals surface area contributed by atoms with Crippen LogP contribution in [0.4, 0.5) is 0 Å². The summed E-state index contributed by atoms with van der Waals surface area (Å²) in [6, 6.07) is 10.3. The molecule has 2 aromatic rings. The van der Waals surface area contributed by atoms with Crippen LogP contribution in [0.1, 0.15) is 31.4 Å².